The van der Waals surface area contributed by atoms with Crippen molar-refractivity contribution in [2.75, 3.05) is 40.0 Å². The molecule has 4 heteroatoms. The molecule has 1 unspecified atom stereocenters. The number of hydrogen-bond donors (Lipinski definition) is 1. The molecule has 0 amide bonds. The van der Waals surface area contributed by atoms with Crippen LogP contribution in [-0.4, -0.2) is 40.0 Å². The van der Waals surface area contributed by atoms with Gasteiger partial charge < -0.3 is 14.8 Å². The fourth-order valence-corrected chi connectivity index (χ4v) is 2.59. The highest BCUT2D eigenvalue weighted by molar-refractivity contribution is 9.10. The third kappa shape index (κ3) is 8.57. The molecular formula is C17H28BrNO2. The van der Waals surface area contributed by atoms with Crippen molar-refractivity contribution in [2.45, 2.75) is 32.1 Å². The van der Waals surface area contributed by atoms with Crippen molar-refractivity contribution in [3.8, 4) is 0 Å². The van der Waals surface area contributed by atoms with E-state index in [2.05, 4.69) is 52.4 Å². The van der Waals surface area contributed by atoms with Crippen LogP contribution in [0, 0.1) is 0 Å². The van der Waals surface area contributed by atoms with E-state index < -0.39 is 0 Å². The van der Waals surface area contributed by atoms with Gasteiger partial charge in [0.25, 0.3) is 0 Å². The largest absolute Gasteiger partial charge is 0.383 e. The Morgan fingerprint density at radius 3 is 2.81 bits per heavy atom. The average molecular weight is 358 g/mol. The molecule has 0 saturated carbocycles. The van der Waals surface area contributed by atoms with Gasteiger partial charge in [-0.25, -0.2) is 0 Å². The Kier molecular flexibility index (Phi) is 10.8. The van der Waals surface area contributed by atoms with Gasteiger partial charge in [0.2, 0.25) is 0 Å². The van der Waals surface area contributed by atoms with E-state index in [0.717, 1.165) is 50.2 Å². The smallest absolute Gasteiger partial charge is 0.0587 e. The normalized spacial score (nSPS) is 12.5. The van der Waals surface area contributed by atoms with E-state index in [1.165, 1.54) is 12.0 Å². The van der Waals surface area contributed by atoms with Crippen LogP contribution < -0.4 is 5.32 Å². The zero-order chi connectivity index (χ0) is 15.3. The molecule has 1 atom stereocenters. The third-order valence-corrected chi connectivity index (χ3v) is 3.94. The van der Waals surface area contributed by atoms with E-state index in [1.807, 2.05) is 0 Å². The molecule has 0 aliphatic carbocycles. The van der Waals surface area contributed by atoms with E-state index in [4.69, 9.17) is 9.47 Å². The van der Waals surface area contributed by atoms with Gasteiger partial charge in [-0.15, -0.1) is 0 Å². The molecule has 0 radical (unpaired) electrons. The molecular weight excluding hydrogens is 330 g/mol. The number of methoxy groups -OCH3 is 1. The molecule has 3 nitrogen and oxygen atoms in total. The van der Waals surface area contributed by atoms with Crippen molar-refractivity contribution in [2.24, 2.45) is 0 Å². The molecule has 0 aliphatic heterocycles. The van der Waals surface area contributed by atoms with Gasteiger partial charge in [0.15, 0.2) is 0 Å². The molecule has 1 rings (SSSR count). The number of rotatable bonds is 12. The van der Waals surface area contributed by atoms with Crippen LogP contribution in [0.4, 0.5) is 0 Å². The van der Waals surface area contributed by atoms with Gasteiger partial charge in [-0.1, -0.05) is 41.4 Å². The van der Waals surface area contributed by atoms with Gasteiger partial charge in [0.05, 0.1) is 6.61 Å². The lowest BCUT2D eigenvalue weighted by Crippen LogP contribution is -2.26. The molecule has 1 aromatic carbocycles. The highest BCUT2D eigenvalue weighted by Crippen LogP contribution is 2.22. The zero-order valence-electron chi connectivity index (χ0n) is 13.2. The number of unbranched alkanes of at least 4 members (excludes halogenated alkanes) is 1. The number of ether oxygens (including phenoxy) is 2. The number of benzene rings is 1. The fraction of sp³-hybridized carbons (Fsp3) is 0.647. The number of hydrogen-bond acceptors (Lipinski definition) is 3. The molecule has 0 bridgehead atoms. The summed E-state index contributed by atoms with van der Waals surface area (Å²) in [6.07, 6.45) is 3.38. The first-order chi connectivity index (χ1) is 10.3. The minimum absolute atomic E-state index is 0.473. The van der Waals surface area contributed by atoms with Crippen LogP contribution in [0.15, 0.2) is 28.7 Å². The van der Waals surface area contributed by atoms with Crippen LogP contribution in [0.2, 0.25) is 0 Å². The molecule has 120 valence electrons. The predicted molar refractivity (Wildman–Crippen MR) is 92.0 cm³/mol. The summed E-state index contributed by atoms with van der Waals surface area (Å²) in [5.74, 6) is 0.473. The van der Waals surface area contributed by atoms with Gasteiger partial charge in [-0.3, -0.25) is 0 Å². The highest BCUT2D eigenvalue weighted by Gasteiger charge is 2.11. The predicted octanol–water partition coefficient (Wildman–Crippen LogP) is 3.98. The van der Waals surface area contributed by atoms with Gasteiger partial charge in [-0.05, 0) is 36.5 Å². The molecule has 0 saturated heterocycles. The monoisotopic (exact) mass is 357 g/mol. The zero-order valence-corrected chi connectivity index (χ0v) is 14.8. The fourth-order valence-electron chi connectivity index (χ4n) is 2.17. The summed E-state index contributed by atoms with van der Waals surface area (Å²) >= 11 is 3.55. The Bertz CT molecular complexity index is 374. The van der Waals surface area contributed by atoms with Crippen LogP contribution in [0.25, 0.3) is 0 Å². The summed E-state index contributed by atoms with van der Waals surface area (Å²) in [6.45, 7) is 6.47. The van der Waals surface area contributed by atoms with E-state index in [-0.39, 0.29) is 0 Å². The summed E-state index contributed by atoms with van der Waals surface area (Å²) in [7, 11) is 1.73. The van der Waals surface area contributed by atoms with Gasteiger partial charge in [0, 0.05) is 37.9 Å². The van der Waals surface area contributed by atoms with Crippen LogP contribution in [-0.2, 0) is 9.47 Å². The van der Waals surface area contributed by atoms with Gasteiger partial charge >= 0.3 is 0 Å². The first kappa shape index (κ1) is 18.6. The van der Waals surface area contributed by atoms with E-state index in [9.17, 15) is 0 Å². The molecule has 1 aromatic rings. The van der Waals surface area contributed by atoms with Gasteiger partial charge in [-0.2, -0.15) is 0 Å². The van der Waals surface area contributed by atoms with Crippen molar-refractivity contribution in [3.05, 3.63) is 34.3 Å². The minimum atomic E-state index is 0.473. The van der Waals surface area contributed by atoms with E-state index >= 15 is 0 Å². The molecule has 0 spiro atoms. The lowest BCUT2D eigenvalue weighted by molar-refractivity contribution is 0.123. The molecule has 21 heavy (non-hydrogen) atoms. The molecule has 0 aromatic heterocycles. The molecule has 0 aliphatic rings. The molecule has 0 fully saturated rings. The maximum atomic E-state index is 5.72. The Labute approximate surface area is 137 Å². The topological polar surface area (TPSA) is 30.5 Å². The Morgan fingerprint density at radius 2 is 2.10 bits per heavy atom. The van der Waals surface area contributed by atoms with Crippen LogP contribution in [0.3, 0.4) is 0 Å². The lowest BCUT2D eigenvalue weighted by atomic mass is 9.96. The maximum Gasteiger partial charge on any atom is 0.0587 e. The SMILES string of the molecule is CCCCOCCC(CNCCOC)c1cccc(Br)c1. The first-order valence-corrected chi connectivity index (χ1v) is 8.60. The van der Waals surface area contributed by atoms with Crippen molar-refractivity contribution in [1.82, 2.24) is 5.32 Å². The van der Waals surface area contributed by atoms with E-state index in [0.29, 0.717) is 5.92 Å². The summed E-state index contributed by atoms with van der Waals surface area (Å²) < 4.78 is 11.9. The quantitative estimate of drug-likeness (QED) is 0.574. The van der Waals surface area contributed by atoms with Crippen molar-refractivity contribution >= 4 is 15.9 Å². The third-order valence-electron chi connectivity index (χ3n) is 3.45. The van der Waals surface area contributed by atoms with Crippen molar-refractivity contribution < 1.29 is 9.47 Å². The second kappa shape index (κ2) is 12.2. The second-order valence-corrected chi connectivity index (χ2v) is 6.12. The summed E-state index contributed by atoms with van der Waals surface area (Å²) in [6, 6.07) is 8.56. The van der Waals surface area contributed by atoms with Crippen LogP contribution >= 0.6 is 15.9 Å². The Hall–Kier alpha value is -0.420. The number of halogens is 1. The Balaban J connectivity index is 2.45. The summed E-state index contributed by atoms with van der Waals surface area (Å²) in [5.41, 5.74) is 1.35. The average Bonchev–Trinajstić information content (AvgIpc) is 2.49. The second-order valence-electron chi connectivity index (χ2n) is 5.20. The molecule has 1 N–H and O–H groups in total. The first-order valence-electron chi connectivity index (χ1n) is 7.80. The molecule has 0 heterocycles. The van der Waals surface area contributed by atoms with Crippen molar-refractivity contribution in [1.29, 1.82) is 0 Å². The van der Waals surface area contributed by atoms with Crippen LogP contribution in [0.5, 0.6) is 0 Å². The maximum absolute atomic E-state index is 5.72. The summed E-state index contributed by atoms with van der Waals surface area (Å²) in [5, 5.41) is 3.46. The summed E-state index contributed by atoms with van der Waals surface area (Å²) in [4.78, 5) is 0. The Morgan fingerprint density at radius 1 is 1.24 bits per heavy atom. The van der Waals surface area contributed by atoms with E-state index in [1.54, 1.807) is 7.11 Å². The standard InChI is InChI=1S/C17H28BrNO2/c1-3-4-10-21-11-8-16(14-19-9-12-20-2)15-6-5-7-17(18)13-15/h5-7,13,16,19H,3-4,8-12,14H2,1-2H3. The van der Waals surface area contributed by atoms with Crippen LogP contribution in [0.1, 0.15) is 37.7 Å². The highest BCUT2D eigenvalue weighted by atomic mass is 79.9. The number of nitrogens with one attached hydrogen (secondary N) is 1. The van der Waals surface area contributed by atoms with Crippen molar-refractivity contribution in [3.63, 3.8) is 0 Å². The van der Waals surface area contributed by atoms with Gasteiger partial charge in [0.1, 0.15) is 0 Å². The minimum Gasteiger partial charge on any atom is -0.383 e. The lowest BCUT2D eigenvalue weighted by Gasteiger charge is -2.18.